The van der Waals surface area contributed by atoms with Crippen molar-refractivity contribution >= 4 is 5.91 Å². The average Bonchev–Trinajstić information content (AvgIpc) is 2.83. The van der Waals surface area contributed by atoms with Gasteiger partial charge >= 0.3 is 0 Å². The summed E-state index contributed by atoms with van der Waals surface area (Å²) in [5, 5.41) is 3.20. The molecule has 2 atom stereocenters. The molecule has 19 heavy (non-hydrogen) atoms. The minimum Gasteiger partial charge on any atom is -0.354 e. The maximum atomic E-state index is 12.2. The van der Waals surface area contributed by atoms with Crippen LogP contribution in [0.2, 0.25) is 0 Å². The van der Waals surface area contributed by atoms with Crippen molar-refractivity contribution < 1.29 is 4.79 Å². The Labute approximate surface area is 117 Å². The fraction of sp³-hybridized carbons (Fsp3) is 0.933. The van der Waals surface area contributed by atoms with Gasteiger partial charge in [0.05, 0.1) is 0 Å². The lowest BCUT2D eigenvalue weighted by atomic mass is 9.80. The van der Waals surface area contributed by atoms with Gasteiger partial charge in [0.15, 0.2) is 0 Å². The number of hydrogen-bond donors (Lipinski definition) is 2. The molecule has 0 saturated heterocycles. The van der Waals surface area contributed by atoms with Gasteiger partial charge in [0.25, 0.3) is 0 Å². The molecule has 2 rings (SSSR count). The van der Waals surface area contributed by atoms with Crippen molar-refractivity contribution in [3.63, 3.8) is 0 Å². The van der Waals surface area contributed by atoms with Gasteiger partial charge in [-0.1, -0.05) is 19.3 Å². The molecule has 0 aromatic rings. The summed E-state index contributed by atoms with van der Waals surface area (Å²) in [5.74, 6) is 0.373. The third-order valence-corrected chi connectivity index (χ3v) is 5.17. The van der Waals surface area contributed by atoms with Crippen LogP contribution in [0.3, 0.4) is 0 Å². The Hall–Kier alpha value is -0.610. The summed E-state index contributed by atoms with van der Waals surface area (Å²) in [4.78, 5) is 14.5. The molecule has 2 saturated carbocycles. The van der Waals surface area contributed by atoms with E-state index in [1.54, 1.807) is 0 Å². The third kappa shape index (κ3) is 3.48. The monoisotopic (exact) mass is 267 g/mol. The summed E-state index contributed by atoms with van der Waals surface area (Å²) >= 11 is 0. The molecule has 0 aromatic heterocycles. The van der Waals surface area contributed by atoms with E-state index in [4.69, 9.17) is 5.73 Å². The molecule has 0 radical (unpaired) electrons. The van der Waals surface area contributed by atoms with Crippen molar-refractivity contribution in [2.45, 2.75) is 62.9 Å². The molecule has 3 N–H and O–H groups in total. The van der Waals surface area contributed by atoms with E-state index in [2.05, 4.69) is 24.3 Å². The van der Waals surface area contributed by atoms with Gasteiger partial charge in [-0.25, -0.2) is 0 Å². The van der Waals surface area contributed by atoms with E-state index in [0.29, 0.717) is 0 Å². The summed E-state index contributed by atoms with van der Waals surface area (Å²) in [6, 6.07) is 0.230. The van der Waals surface area contributed by atoms with Gasteiger partial charge in [-0.05, 0) is 46.2 Å². The zero-order valence-electron chi connectivity index (χ0n) is 12.5. The van der Waals surface area contributed by atoms with E-state index >= 15 is 0 Å². The summed E-state index contributed by atoms with van der Waals surface area (Å²) in [5.41, 5.74) is 6.06. The molecular weight excluding hydrogens is 238 g/mol. The first kappa shape index (κ1) is 14.8. The van der Waals surface area contributed by atoms with Gasteiger partial charge in [-0.3, -0.25) is 4.79 Å². The minimum absolute atomic E-state index is 0.151. The lowest BCUT2D eigenvalue weighted by Gasteiger charge is -2.43. The van der Waals surface area contributed by atoms with Gasteiger partial charge < -0.3 is 16.0 Å². The van der Waals surface area contributed by atoms with Crippen molar-refractivity contribution in [2.24, 2.45) is 11.7 Å². The first-order chi connectivity index (χ1) is 9.03. The molecule has 2 unspecified atom stereocenters. The molecule has 110 valence electrons. The molecule has 2 aliphatic rings. The number of rotatable bonds is 4. The van der Waals surface area contributed by atoms with Crippen LogP contribution in [0.5, 0.6) is 0 Å². The molecule has 0 aliphatic heterocycles. The second-order valence-electron chi connectivity index (χ2n) is 6.67. The second-order valence-corrected chi connectivity index (χ2v) is 6.67. The quantitative estimate of drug-likeness (QED) is 0.811. The van der Waals surface area contributed by atoms with Crippen molar-refractivity contribution in [2.75, 3.05) is 20.6 Å². The van der Waals surface area contributed by atoms with Crippen LogP contribution in [-0.4, -0.2) is 43.0 Å². The van der Waals surface area contributed by atoms with Crippen LogP contribution < -0.4 is 11.1 Å². The molecule has 0 spiro atoms. The zero-order valence-corrected chi connectivity index (χ0v) is 12.5. The van der Waals surface area contributed by atoms with Crippen LogP contribution in [0.4, 0.5) is 0 Å². The predicted octanol–water partition coefficient (Wildman–Crippen LogP) is 1.49. The van der Waals surface area contributed by atoms with Crippen LogP contribution in [0.25, 0.3) is 0 Å². The smallest absolute Gasteiger partial charge is 0.223 e. The first-order valence-corrected chi connectivity index (χ1v) is 7.74. The SMILES string of the molecule is CN(C)C1(CNC(=O)C2CCC(N)C2)CCCCC1. The molecule has 2 fully saturated rings. The lowest BCUT2D eigenvalue weighted by Crippen LogP contribution is -2.54. The Morgan fingerprint density at radius 1 is 1.26 bits per heavy atom. The van der Waals surface area contributed by atoms with E-state index in [1.165, 1.54) is 32.1 Å². The van der Waals surface area contributed by atoms with E-state index in [1.807, 2.05) is 0 Å². The number of hydrogen-bond acceptors (Lipinski definition) is 3. The van der Waals surface area contributed by atoms with Crippen LogP contribution >= 0.6 is 0 Å². The van der Waals surface area contributed by atoms with Crippen molar-refractivity contribution in [3.05, 3.63) is 0 Å². The van der Waals surface area contributed by atoms with Gasteiger partial charge in [0, 0.05) is 24.0 Å². The van der Waals surface area contributed by atoms with Crippen molar-refractivity contribution in [1.82, 2.24) is 10.2 Å². The lowest BCUT2D eigenvalue weighted by molar-refractivity contribution is -0.125. The van der Waals surface area contributed by atoms with Gasteiger partial charge in [-0.2, -0.15) is 0 Å². The third-order valence-electron chi connectivity index (χ3n) is 5.17. The van der Waals surface area contributed by atoms with E-state index < -0.39 is 0 Å². The molecule has 2 aliphatic carbocycles. The van der Waals surface area contributed by atoms with Crippen LogP contribution in [0, 0.1) is 5.92 Å². The molecule has 0 heterocycles. The van der Waals surface area contributed by atoms with E-state index in [0.717, 1.165) is 25.8 Å². The normalized spacial score (nSPS) is 30.5. The number of carbonyl (C=O) groups excluding carboxylic acids is 1. The van der Waals surface area contributed by atoms with E-state index in [-0.39, 0.29) is 23.4 Å². The zero-order chi connectivity index (χ0) is 13.9. The highest BCUT2D eigenvalue weighted by Gasteiger charge is 2.35. The summed E-state index contributed by atoms with van der Waals surface area (Å²) in [6.07, 6.45) is 9.11. The largest absolute Gasteiger partial charge is 0.354 e. The molecule has 4 nitrogen and oxygen atoms in total. The predicted molar refractivity (Wildman–Crippen MR) is 77.8 cm³/mol. The number of carbonyl (C=O) groups is 1. The van der Waals surface area contributed by atoms with Crippen LogP contribution in [-0.2, 0) is 4.79 Å². The van der Waals surface area contributed by atoms with Crippen molar-refractivity contribution in [3.8, 4) is 0 Å². The highest BCUT2D eigenvalue weighted by Crippen LogP contribution is 2.32. The Balaban J connectivity index is 1.86. The average molecular weight is 267 g/mol. The highest BCUT2D eigenvalue weighted by molar-refractivity contribution is 5.79. The van der Waals surface area contributed by atoms with Crippen molar-refractivity contribution in [1.29, 1.82) is 0 Å². The number of likely N-dealkylation sites (N-methyl/N-ethyl adjacent to an activating group) is 1. The van der Waals surface area contributed by atoms with Gasteiger partial charge in [0.1, 0.15) is 0 Å². The fourth-order valence-electron chi connectivity index (χ4n) is 3.64. The Kier molecular flexibility index (Phi) is 4.85. The number of nitrogens with two attached hydrogens (primary N) is 1. The second kappa shape index (κ2) is 6.23. The minimum atomic E-state index is 0.151. The maximum Gasteiger partial charge on any atom is 0.223 e. The number of amides is 1. The molecule has 0 bridgehead atoms. The van der Waals surface area contributed by atoms with Gasteiger partial charge in [-0.15, -0.1) is 0 Å². The fourth-order valence-corrected chi connectivity index (χ4v) is 3.64. The van der Waals surface area contributed by atoms with Crippen LogP contribution in [0.1, 0.15) is 51.4 Å². The summed E-state index contributed by atoms with van der Waals surface area (Å²) in [7, 11) is 4.28. The standard InChI is InChI=1S/C15H29N3O/c1-18(2)15(8-4-3-5-9-15)11-17-14(19)12-6-7-13(16)10-12/h12-13H,3-11,16H2,1-2H3,(H,17,19). The van der Waals surface area contributed by atoms with Gasteiger partial charge in [0.2, 0.25) is 5.91 Å². The molecular formula is C15H29N3O. The van der Waals surface area contributed by atoms with Crippen LogP contribution in [0.15, 0.2) is 0 Å². The first-order valence-electron chi connectivity index (χ1n) is 7.74. The highest BCUT2D eigenvalue weighted by atomic mass is 16.1. The number of nitrogens with one attached hydrogen (secondary N) is 1. The molecule has 0 aromatic carbocycles. The van der Waals surface area contributed by atoms with E-state index in [9.17, 15) is 4.79 Å². The Morgan fingerprint density at radius 3 is 2.47 bits per heavy atom. The Bertz CT molecular complexity index is 311. The molecule has 4 heteroatoms. The summed E-state index contributed by atoms with van der Waals surface area (Å²) in [6.45, 7) is 0.796. The summed E-state index contributed by atoms with van der Waals surface area (Å²) < 4.78 is 0. The Morgan fingerprint density at radius 2 is 1.95 bits per heavy atom. The number of nitrogens with zero attached hydrogens (tertiary/aromatic N) is 1. The molecule has 1 amide bonds. The topological polar surface area (TPSA) is 58.4 Å². The maximum absolute atomic E-state index is 12.2.